The second-order valence-electron chi connectivity index (χ2n) is 4.43. The summed E-state index contributed by atoms with van der Waals surface area (Å²) in [6.07, 6.45) is 0.843. The van der Waals surface area contributed by atoms with Crippen LogP contribution in [0.25, 0.3) is 0 Å². The molecule has 2 unspecified atom stereocenters. The zero-order chi connectivity index (χ0) is 10.9. The maximum Gasteiger partial charge on any atom is 0.312 e. The Hall–Kier alpha value is -1.06. The van der Waals surface area contributed by atoms with Gasteiger partial charge in [-0.2, -0.15) is 0 Å². The monoisotopic (exact) mass is 200 g/mol. The summed E-state index contributed by atoms with van der Waals surface area (Å²) in [5, 5.41) is 8.95. The average molecular weight is 200 g/mol. The number of hydrogen-bond donors (Lipinski definition) is 1. The van der Waals surface area contributed by atoms with Crippen molar-refractivity contribution in [1.29, 1.82) is 0 Å². The van der Waals surface area contributed by atoms with Crippen molar-refractivity contribution in [2.75, 3.05) is 0 Å². The normalized spacial score (nSPS) is 28.4. The number of cyclic esters (lactones) is 1. The largest absolute Gasteiger partial charge is 0.481 e. The van der Waals surface area contributed by atoms with E-state index in [9.17, 15) is 9.59 Å². The third-order valence-electron chi connectivity index (χ3n) is 2.88. The first-order chi connectivity index (χ1) is 6.35. The first-order valence-corrected chi connectivity index (χ1v) is 4.79. The fourth-order valence-corrected chi connectivity index (χ4v) is 1.48. The highest BCUT2D eigenvalue weighted by molar-refractivity contribution is 5.77. The van der Waals surface area contributed by atoms with Crippen LogP contribution in [0.2, 0.25) is 0 Å². The molecule has 1 rings (SSSR count). The van der Waals surface area contributed by atoms with Crippen LogP contribution in [0.4, 0.5) is 0 Å². The van der Waals surface area contributed by atoms with Crippen molar-refractivity contribution in [2.24, 2.45) is 11.3 Å². The predicted molar refractivity (Wildman–Crippen MR) is 49.7 cm³/mol. The first-order valence-electron chi connectivity index (χ1n) is 4.79. The molecule has 4 nitrogen and oxygen atoms in total. The van der Waals surface area contributed by atoms with Crippen molar-refractivity contribution in [3.63, 3.8) is 0 Å². The number of rotatable bonds is 2. The van der Waals surface area contributed by atoms with E-state index >= 15 is 0 Å². The lowest BCUT2D eigenvalue weighted by molar-refractivity contribution is -0.175. The summed E-state index contributed by atoms with van der Waals surface area (Å²) in [7, 11) is 0. The molecule has 14 heavy (non-hydrogen) atoms. The van der Waals surface area contributed by atoms with Crippen molar-refractivity contribution in [1.82, 2.24) is 0 Å². The molecule has 80 valence electrons. The number of ether oxygens (including phenoxy) is 1. The van der Waals surface area contributed by atoms with Gasteiger partial charge in [-0.1, -0.05) is 6.92 Å². The van der Waals surface area contributed by atoms with Crippen molar-refractivity contribution >= 4 is 11.9 Å². The zero-order valence-electron chi connectivity index (χ0n) is 8.74. The second-order valence-corrected chi connectivity index (χ2v) is 4.43. The predicted octanol–water partition coefficient (Wildman–Crippen LogP) is 1.44. The van der Waals surface area contributed by atoms with E-state index in [0.717, 1.165) is 0 Å². The van der Waals surface area contributed by atoms with Crippen LogP contribution in [-0.2, 0) is 14.3 Å². The molecule has 0 bridgehead atoms. The molecule has 1 saturated heterocycles. The van der Waals surface area contributed by atoms with E-state index in [-0.39, 0.29) is 11.9 Å². The molecule has 0 saturated carbocycles. The molecular formula is C10H16O4. The molecule has 1 aliphatic rings. The van der Waals surface area contributed by atoms with Gasteiger partial charge < -0.3 is 9.84 Å². The quantitative estimate of drug-likeness (QED) is 0.685. The average Bonchev–Trinajstić information content (AvgIpc) is 2.09. The summed E-state index contributed by atoms with van der Waals surface area (Å²) in [6.45, 7) is 4.97. The minimum atomic E-state index is -0.990. The summed E-state index contributed by atoms with van der Waals surface area (Å²) >= 11 is 0. The second kappa shape index (κ2) is 3.59. The van der Waals surface area contributed by atoms with Crippen LogP contribution in [0, 0.1) is 11.3 Å². The zero-order valence-corrected chi connectivity index (χ0v) is 8.74. The Balaban J connectivity index is 2.72. The maximum absolute atomic E-state index is 11.3. The van der Waals surface area contributed by atoms with E-state index < -0.39 is 17.5 Å². The van der Waals surface area contributed by atoms with Gasteiger partial charge in [0.1, 0.15) is 6.10 Å². The SMILES string of the molecule is CC1CCC(C(C)(C)C(=O)O)OC1=O. The molecule has 1 N–H and O–H groups in total. The standard InChI is InChI=1S/C10H16O4/c1-6-4-5-7(14-8(6)11)10(2,3)9(12)13/h6-7H,4-5H2,1-3H3,(H,12,13). The number of carboxylic acids is 1. The minimum Gasteiger partial charge on any atom is -0.481 e. The third-order valence-corrected chi connectivity index (χ3v) is 2.88. The molecule has 0 spiro atoms. The van der Waals surface area contributed by atoms with E-state index in [1.54, 1.807) is 20.8 Å². The van der Waals surface area contributed by atoms with Gasteiger partial charge in [0.2, 0.25) is 0 Å². The highest BCUT2D eigenvalue weighted by atomic mass is 16.5. The molecule has 0 aliphatic carbocycles. The van der Waals surface area contributed by atoms with E-state index in [4.69, 9.17) is 9.84 Å². The maximum atomic E-state index is 11.3. The Morgan fingerprint density at radius 1 is 1.50 bits per heavy atom. The van der Waals surface area contributed by atoms with Gasteiger partial charge in [-0.25, -0.2) is 0 Å². The van der Waals surface area contributed by atoms with Gasteiger partial charge in [0, 0.05) is 0 Å². The van der Waals surface area contributed by atoms with Gasteiger partial charge in [0.15, 0.2) is 0 Å². The van der Waals surface area contributed by atoms with Crippen molar-refractivity contribution in [3.05, 3.63) is 0 Å². The van der Waals surface area contributed by atoms with Gasteiger partial charge in [0.05, 0.1) is 11.3 Å². The summed E-state index contributed by atoms with van der Waals surface area (Å²) in [5.74, 6) is -1.31. The number of esters is 1. The molecule has 2 atom stereocenters. The van der Waals surface area contributed by atoms with Crippen LogP contribution in [0.1, 0.15) is 33.6 Å². The van der Waals surface area contributed by atoms with Crippen LogP contribution in [0.3, 0.4) is 0 Å². The molecule has 0 aromatic rings. The van der Waals surface area contributed by atoms with Crippen LogP contribution >= 0.6 is 0 Å². The lowest BCUT2D eigenvalue weighted by Gasteiger charge is -2.34. The van der Waals surface area contributed by atoms with Crippen molar-refractivity contribution < 1.29 is 19.4 Å². The Morgan fingerprint density at radius 3 is 2.50 bits per heavy atom. The molecule has 4 heteroatoms. The summed E-state index contributed by atoms with van der Waals surface area (Å²) in [5.41, 5.74) is -0.990. The summed E-state index contributed by atoms with van der Waals surface area (Å²) in [4.78, 5) is 22.2. The minimum absolute atomic E-state index is 0.101. The van der Waals surface area contributed by atoms with Crippen LogP contribution in [0.15, 0.2) is 0 Å². The van der Waals surface area contributed by atoms with E-state index in [1.807, 2.05) is 0 Å². The smallest absolute Gasteiger partial charge is 0.312 e. The third kappa shape index (κ3) is 1.89. The highest BCUT2D eigenvalue weighted by Gasteiger charge is 2.42. The van der Waals surface area contributed by atoms with Crippen molar-refractivity contribution in [2.45, 2.75) is 39.7 Å². The molecule has 1 heterocycles. The number of aliphatic carboxylic acids is 1. The Labute approximate surface area is 83.2 Å². The van der Waals surface area contributed by atoms with E-state index in [2.05, 4.69) is 0 Å². The number of carbonyl (C=O) groups excluding carboxylic acids is 1. The van der Waals surface area contributed by atoms with Crippen LogP contribution in [-0.4, -0.2) is 23.1 Å². The van der Waals surface area contributed by atoms with Gasteiger partial charge >= 0.3 is 11.9 Å². The molecule has 0 amide bonds. The highest BCUT2D eigenvalue weighted by Crippen LogP contribution is 2.32. The molecule has 1 fully saturated rings. The lowest BCUT2D eigenvalue weighted by atomic mass is 9.81. The van der Waals surface area contributed by atoms with Crippen LogP contribution in [0.5, 0.6) is 0 Å². The van der Waals surface area contributed by atoms with Gasteiger partial charge in [-0.05, 0) is 26.7 Å². The van der Waals surface area contributed by atoms with E-state index in [1.165, 1.54) is 0 Å². The Morgan fingerprint density at radius 2 is 2.07 bits per heavy atom. The molecule has 0 aromatic heterocycles. The Bertz CT molecular complexity index is 257. The van der Waals surface area contributed by atoms with Crippen LogP contribution < -0.4 is 0 Å². The fraction of sp³-hybridized carbons (Fsp3) is 0.800. The molecule has 0 radical (unpaired) electrons. The number of hydrogen-bond acceptors (Lipinski definition) is 3. The Kier molecular flexibility index (Phi) is 2.83. The molecule has 1 aliphatic heterocycles. The number of carbonyl (C=O) groups is 2. The first kappa shape index (κ1) is 11.0. The van der Waals surface area contributed by atoms with Gasteiger partial charge in [-0.15, -0.1) is 0 Å². The lowest BCUT2D eigenvalue weighted by Crippen LogP contribution is -2.44. The molecule has 0 aromatic carbocycles. The summed E-state index contributed by atoms with van der Waals surface area (Å²) < 4.78 is 5.10. The topological polar surface area (TPSA) is 63.6 Å². The summed E-state index contributed by atoms with van der Waals surface area (Å²) in [6, 6.07) is 0. The molecular weight excluding hydrogens is 184 g/mol. The van der Waals surface area contributed by atoms with Gasteiger partial charge in [-0.3, -0.25) is 9.59 Å². The van der Waals surface area contributed by atoms with Gasteiger partial charge in [0.25, 0.3) is 0 Å². The number of carboxylic acid groups (broad SMARTS) is 1. The fourth-order valence-electron chi connectivity index (χ4n) is 1.48. The van der Waals surface area contributed by atoms with Crippen molar-refractivity contribution in [3.8, 4) is 0 Å². The van der Waals surface area contributed by atoms with E-state index in [0.29, 0.717) is 12.8 Å².